The van der Waals surface area contributed by atoms with E-state index in [1.807, 2.05) is 19.1 Å². The standard InChI is InChI=1S/C14H17F/c1-4-5-6-11(2)9-13-7-8-14(15)12(3)10-13/h7-8,10-11H,4,9H2,1-3H3. The van der Waals surface area contributed by atoms with Gasteiger partial charge in [-0.1, -0.05) is 31.9 Å². The first kappa shape index (κ1) is 11.8. The Bertz CT molecular complexity index is 382. The monoisotopic (exact) mass is 204 g/mol. The summed E-state index contributed by atoms with van der Waals surface area (Å²) in [6, 6.07) is 5.27. The van der Waals surface area contributed by atoms with Crippen LogP contribution in [0.4, 0.5) is 4.39 Å². The summed E-state index contributed by atoms with van der Waals surface area (Å²) >= 11 is 0. The summed E-state index contributed by atoms with van der Waals surface area (Å²) in [6.45, 7) is 5.93. The second-order valence-electron chi connectivity index (χ2n) is 3.86. The van der Waals surface area contributed by atoms with E-state index in [-0.39, 0.29) is 5.82 Å². The van der Waals surface area contributed by atoms with E-state index in [0.717, 1.165) is 18.4 Å². The summed E-state index contributed by atoms with van der Waals surface area (Å²) in [7, 11) is 0. The van der Waals surface area contributed by atoms with Crippen molar-refractivity contribution in [3.63, 3.8) is 0 Å². The van der Waals surface area contributed by atoms with E-state index in [2.05, 4.69) is 18.8 Å². The molecule has 0 saturated carbocycles. The second-order valence-corrected chi connectivity index (χ2v) is 3.86. The van der Waals surface area contributed by atoms with Crippen molar-refractivity contribution >= 4 is 0 Å². The average molecular weight is 204 g/mol. The maximum atomic E-state index is 13.0. The number of benzene rings is 1. The molecule has 0 saturated heterocycles. The van der Waals surface area contributed by atoms with E-state index < -0.39 is 0 Å². The molecule has 1 atom stereocenters. The van der Waals surface area contributed by atoms with Crippen LogP contribution < -0.4 is 0 Å². The van der Waals surface area contributed by atoms with Gasteiger partial charge in [0.05, 0.1) is 0 Å². The summed E-state index contributed by atoms with van der Waals surface area (Å²) < 4.78 is 13.0. The fraction of sp³-hybridized carbons (Fsp3) is 0.429. The molecule has 0 heterocycles. The van der Waals surface area contributed by atoms with Crippen molar-refractivity contribution in [2.75, 3.05) is 0 Å². The lowest BCUT2D eigenvalue weighted by Crippen LogP contribution is -1.97. The number of hydrogen-bond donors (Lipinski definition) is 0. The van der Waals surface area contributed by atoms with Gasteiger partial charge in [-0.05, 0) is 30.5 Å². The highest BCUT2D eigenvalue weighted by molar-refractivity contribution is 5.25. The van der Waals surface area contributed by atoms with Crippen molar-refractivity contribution in [3.05, 3.63) is 35.1 Å². The second kappa shape index (κ2) is 5.56. The van der Waals surface area contributed by atoms with Crippen LogP contribution in [0.3, 0.4) is 0 Å². The molecule has 0 fully saturated rings. The Balaban J connectivity index is 2.68. The van der Waals surface area contributed by atoms with Gasteiger partial charge in [-0.3, -0.25) is 0 Å². The van der Waals surface area contributed by atoms with Crippen molar-refractivity contribution in [2.45, 2.75) is 33.6 Å². The Morgan fingerprint density at radius 3 is 2.73 bits per heavy atom. The molecule has 0 amide bonds. The number of halogens is 1. The van der Waals surface area contributed by atoms with Crippen molar-refractivity contribution in [1.29, 1.82) is 0 Å². The van der Waals surface area contributed by atoms with Gasteiger partial charge >= 0.3 is 0 Å². The molecule has 0 aliphatic rings. The van der Waals surface area contributed by atoms with E-state index in [4.69, 9.17) is 0 Å². The minimum absolute atomic E-state index is 0.133. The van der Waals surface area contributed by atoms with Crippen LogP contribution in [0.2, 0.25) is 0 Å². The van der Waals surface area contributed by atoms with E-state index in [9.17, 15) is 4.39 Å². The summed E-state index contributed by atoms with van der Waals surface area (Å²) in [5.74, 6) is 6.45. The van der Waals surface area contributed by atoms with Crippen LogP contribution in [-0.2, 0) is 6.42 Å². The van der Waals surface area contributed by atoms with Gasteiger partial charge in [-0.25, -0.2) is 4.39 Å². The van der Waals surface area contributed by atoms with Gasteiger partial charge in [0, 0.05) is 12.3 Å². The van der Waals surface area contributed by atoms with Crippen molar-refractivity contribution < 1.29 is 4.39 Å². The van der Waals surface area contributed by atoms with Crippen LogP contribution in [-0.4, -0.2) is 0 Å². The van der Waals surface area contributed by atoms with Crippen LogP contribution in [0.1, 0.15) is 31.4 Å². The lowest BCUT2D eigenvalue weighted by molar-refractivity contribution is 0.616. The highest BCUT2D eigenvalue weighted by atomic mass is 19.1. The Hall–Kier alpha value is -1.29. The van der Waals surface area contributed by atoms with Gasteiger partial charge in [0.25, 0.3) is 0 Å². The summed E-state index contributed by atoms with van der Waals surface area (Å²) in [4.78, 5) is 0. The van der Waals surface area contributed by atoms with Gasteiger partial charge in [0.15, 0.2) is 0 Å². The molecule has 0 radical (unpaired) electrons. The van der Waals surface area contributed by atoms with E-state index >= 15 is 0 Å². The summed E-state index contributed by atoms with van der Waals surface area (Å²) in [5.41, 5.74) is 1.87. The van der Waals surface area contributed by atoms with Crippen LogP contribution in [0.25, 0.3) is 0 Å². The molecule has 0 bridgehead atoms. The minimum Gasteiger partial charge on any atom is -0.207 e. The zero-order chi connectivity index (χ0) is 11.3. The first-order valence-electron chi connectivity index (χ1n) is 5.37. The molecule has 1 aromatic rings. The SMILES string of the molecule is CCC#CC(C)Cc1ccc(F)c(C)c1. The van der Waals surface area contributed by atoms with E-state index in [0.29, 0.717) is 11.5 Å². The number of aryl methyl sites for hydroxylation is 1. The number of hydrogen-bond acceptors (Lipinski definition) is 0. The fourth-order valence-electron chi connectivity index (χ4n) is 1.51. The molecule has 80 valence electrons. The third-order valence-corrected chi connectivity index (χ3v) is 2.29. The Morgan fingerprint density at radius 2 is 2.13 bits per heavy atom. The van der Waals surface area contributed by atoms with E-state index in [1.165, 1.54) is 6.07 Å². The lowest BCUT2D eigenvalue weighted by Gasteiger charge is -2.05. The predicted octanol–water partition coefficient (Wildman–Crippen LogP) is 3.73. The van der Waals surface area contributed by atoms with E-state index in [1.54, 1.807) is 6.92 Å². The molecule has 1 rings (SSSR count). The van der Waals surface area contributed by atoms with Crippen LogP contribution in [0.15, 0.2) is 18.2 Å². The third kappa shape index (κ3) is 3.75. The largest absolute Gasteiger partial charge is 0.207 e. The summed E-state index contributed by atoms with van der Waals surface area (Å²) in [6.07, 6.45) is 1.79. The molecule has 15 heavy (non-hydrogen) atoms. The predicted molar refractivity (Wildman–Crippen MR) is 62.1 cm³/mol. The highest BCUT2D eigenvalue weighted by Gasteiger charge is 2.02. The molecule has 1 unspecified atom stereocenters. The van der Waals surface area contributed by atoms with Gasteiger partial charge in [0.1, 0.15) is 5.82 Å². The Kier molecular flexibility index (Phi) is 4.37. The fourth-order valence-corrected chi connectivity index (χ4v) is 1.51. The normalized spacial score (nSPS) is 11.7. The average Bonchev–Trinajstić information content (AvgIpc) is 2.20. The molecular weight excluding hydrogens is 187 g/mol. The lowest BCUT2D eigenvalue weighted by atomic mass is 10.00. The number of rotatable bonds is 2. The third-order valence-electron chi connectivity index (χ3n) is 2.29. The molecule has 0 aromatic heterocycles. The molecule has 0 aliphatic carbocycles. The van der Waals surface area contributed by atoms with Crippen LogP contribution in [0.5, 0.6) is 0 Å². The van der Waals surface area contributed by atoms with Crippen LogP contribution >= 0.6 is 0 Å². The van der Waals surface area contributed by atoms with Crippen molar-refractivity contribution in [2.24, 2.45) is 5.92 Å². The van der Waals surface area contributed by atoms with Gasteiger partial charge in [-0.15, -0.1) is 5.92 Å². The minimum atomic E-state index is -0.133. The van der Waals surface area contributed by atoms with Gasteiger partial charge < -0.3 is 0 Å². The van der Waals surface area contributed by atoms with Crippen molar-refractivity contribution in [1.82, 2.24) is 0 Å². The quantitative estimate of drug-likeness (QED) is 0.644. The first-order valence-corrected chi connectivity index (χ1v) is 5.37. The maximum absolute atomic E-state index is 13.0. The molecule has 0 spiro atoms. The molecule has 1 heteroatoms. The topological polar surface area (TPSA) is 0 Å². The molecule has 0 N–H and O–H groups in total. The molecular formula is C14H17F. The molecule has 0 aliphatic heterocycles. The molecule has 1 aromatic carbocycles. The zero-order valence-electron chi connectivity index (χ0n) is 9.60. The summed E-state index contributed by atoms with van der Waals surface area (Å²) in [5, 5.41) is 0. The van der Waals surface area contributed by atoms with Gasteiger partial charge in [0.2, 0.25) is 0 Å². The Labute approximate surface area is 91.5 Å². The molecule has 0 nitrogen and oxygen atoms in total. The zero-order valence-corrected chi connectivity index (χ0v) is 9.60. The van der Waals surface area contributed by atoms with Gasteiger partial charge in [-0.2, -0.15) is 0 Å². The van der Waals surface area contributed by atoms with Crippen LogP contribution in [0, 0.1) is 30.5 Å². The Morgan fingerprint density at radius 1 is 1.40 bits per heavy atom. The van der Waals surface area contributed by atoms with Crippen molar-refractivity contribution in [3.8, 4) is 11.8 Å². The smallest absolute Gasteiger partial charge is 0.126 e. The highest BCUT2D eigenvalue weighted by Crippen LogP contribution is 2.13. The first-order chi connectivity index (χ1) is 7.13. The maximum Gasteiger partial charge on any atom is 0.126 e.